The van der Waals surface area contributed by atoms with Crippen LogP contribution in [0.3, 0.4) is 0 Å². The number of benzene rings is 1. The van der Waals surface area contributed by atoms with Crippen molar-refractivity contribution in [1.29, 1.82) is 0 Å². The van der Waals surface area contributed by atoms with Gasteiger partial charge >= 0.3 is 0 Å². The van der Waals surface area contributed by atoms with Crippen LogP contribution in [0.4, 0.5) is 4.39 Å². The highest BCUT2D eigenvalue weighted by Crippen LogP contribution is 2.30. The maximum absolute atomic E-state index is 13.2. The summed E-state index contributed by atoms with van der Waals surface area (Å²) in [5.41, 5.74) is 0.924. The van der Waals surface area contributed by atoms with E-state index in [0.717, 1.165) is 32.6 Å². The first-order valence-electron chi connectivity index (χ1n) is 9.41. The molecule has 4 rings (SSSR count). The van der Waals surface area contributed by atoms with Crippen molar-refractivity contribution in [3.8, 4) is 10.6 Å². The zero-order valence-corrected chi connectivity index (χ0v) is 18.6. The van der Waals surface area contributed by atoms with Gasteiger partial charge < -0.3 is 5.32 Å². The second kappa shape index (κ2) is 8.54. The number of thiophene rings is 1. The van der Waals surface area contributed by atoms with Crippen molar-refractivity contribution >= 4 is 38.6 Å². The molecule has 0 spiro atoms. The molecule has 3 heterocycles. The summed E-state index contributed by atoms with van der Waals surface area (Å²) in [6, 6.07) is 7.82. The summed E-state index contributed by atoms with van der Waals surface area (Å²) in [5.74, 6) is -0.828. The van der Waals surface area contributed by atoms with Gasteiger partial charge in [0.1, 0.15) is 11.9 Å². The Labute approximate surface area is 182 Å². The molecular weight excluding hydrogens is 445 g/mol. The minimum absolute atomic E-state index is 0.00921. The molecule has 2 aromatic heterocycles. The van der Waals surface area contributed by atoms with Crippen LogP contribution in [-0.2, 0) is 21.4 Å². The van der Waals surface area contributed by atoms with Gasteiger partial charge in [0.2, 0.25) is 15.9 Å². The van der Waals surface area contributed by atoms with Crippen LogP contribution < -0.4 is 5.32 Å². The normalized spacial score (nSPS) is 17.3. The maximum Gasteiger partial charge on any atom is 0.243 e. The second-order valence-corrected chi connectivity index (χ2v) is 11.1. The van der Waals surface area contributed by atoms with Gasteiger partial charge in [0, 0.05) is 16.8 Å². The molecule has 1 N–H and O–H groups in total. The summed E-state index contributed by atoms with van der Waals surface area (Å²) in [6.45, 7) is 2.55. The molecule has 1 amide bonds. The van der Waals surface area contributed by atoms with Crippen LogP contribution in [0, 0.1) is 12.7 Å². The Hall–Kier alpha value is -2.14. The number of sulfonamides is 1. The fraction of sp³-hybridized carbons (Fsp3) is 0.300. The van der Waals surface area contributed by atoms with E-state index in [1.54, 1.807) is 22.7 Å². The SMILES string of the molecule is Cc1nc(-c2ccc(CNC(=O)C3CCCN3S(=O)(=O)c3ccc(F)cc3)s2)cs1. The Balaban J connectivity index is 1.43. The third-order valence-corrected chi connectivity index (χ3v) is 8.70. The fourth-order valence-corrected chi connectivity index (χ4v) is 6.66. The molecule has 0 saturated carbocycles. The lowest BCUT2D eigenvalue weighted by atomic mass is 10.2. The zero-order valence-electron chi connectivity index (χ0n) is 16.2. The molecule has 1 aliphatic rings. The lowest BCUT2D eigenvalue weighted by Gasteiger charge is -2.23. The van der Waals surface area contributed by atoms with E-state index in [1.165, 1.54) is 16.4 Å². The van der Waals surface area contributed by atoms with Gasteiger partial charge in [-0.3, -0.25) is 4.79 Å². The summed E-state index contributed by atoms with van der Waals surface area (Å²) in [7, 11) is -3.86. The summed E-state index contributed by atoms with van der Waals surface area (Å²) in [6.07, 6.45) is 1.06. The van der Waals surface area contributed by atoms with E-state index in [9.17, 15) is 17.6 Å². The van der Waals surface area contributed by atoms with Crippen LogP contribution >= 0.6 is 22.7 Å². The van der Waals surface area contributed by atoms with Crippen molar-refractivity contribution in [1.82, 2.24) is 14.6 Å². The number of hydrogen-bond donors (Lipinski definition) is 1. The van der Waals surface area contributed by atoms with E-state index in [2.05, 4.69) is 10.3 Å². The molecule has 1 fully saturated rings. The minimum atomic E-state index is -3.86. The van der Waals surface area contributed by atoms with Gasteiger partial charge in [0.05, 0.1) is 27.0 Å². The number of aryl methyl sites for hydroxylation is 1. The van der Waals surface area contributed by atoms with Crippen LogP contribution in [-0.4, -0.2) is 36.2 Å². The summed E-state index contributed by atoms with van der Waals surface area (Å²) in [4.78, 5) is 19.2. The molecule has 3 aromatic rings. The average molecular weight is 466 g/mol. The predicted molar refractivity (Wildman–Crippen MR) is 115 cm³/mol. The molecule has 6 nitrogen and oxygen atoms in total. The van der Waals surface area contributed by atoms with Crippen molar-refractivity contribution in [2.45, 2.75) is 37.2 Å². The van der Waals surface area contributed by atoms with Gasteiger partial charge in [-0.1, -0.05) is 0 Å². The van der Waals surface area contributed by atoms with E-state index in [-0.39, 0.29) is 17.3 Å². The second-order valence-electron chi connectivity index (χ2n) is 6.96. The topological polar surface area (TPSA) is 79.4 Å². The quantitative estimate of drug-likeness (QED) is 0.601. The standard InChI is InChI=1S/C20H20FN3O3S3/c1-13-23-17(12-28-13)19-9-6-15(29-19)11-22-20(25)18-3-2-10-24(18)30(26,27)16-7-4-14(21)5-8-16/h4-9,12,18H,2-3,10-11H2,1H3,(H,22,25). The molecule has 1 unspecified atom stereocenters. The van der Waals surface area contributed by atoms with Gasteiger partial charge in [-0.05, 0) is 56.2 Å². The third kappa shape index (κ3) is 4.31. The highest BCUT2D eigenvalue weighted by molar-refractivity contribution is 7.89. The Morgan fingerprint density at radius 2 is 2.03 bits per heavy atom. The Morgan fingerprint density at radius 1 is 1.27 bits per heavy atom. The first-order valence-corrected chi connectivity index (χ1v) is 12.5. The number of aromatic nitrogens is 1. The predicted octanol–water partition coefficient (Wildman–Crippen LogP) is 3.79. The molecule has 30 heavy (non-hydrogen) atoms. The average Bonchev–Trinajstić information content (AvgIpc) is 3.47. The smallest absolute Gasteiger partial charge is 0.243 e. The van der Waals surface area contributed by atoms with E-state index >= 15 is 0 Å². The number of amides is 1. The Kier molecular flexibility index (Phi) is 6.01. The summed E-state index contributed by atoms with van der Waals surface area (Å²) in [5, 5.41) is 5.86. The molecule has 1 aliphatic heterocycles. The maximum atomic E-state index is 13.2. The largest absolute Gasteiger partial charge is 0.350 e. The Morgan fingerprint density at radius 3 is 2.73 bits per heavy atom. The Bertz CT molecular complexity index is 1160. The molecule has 10 heteroatoms. The highest BCUT2D eigenvalue weighted by Gasteiger charge is 2.39. The van der Waals surface area contributed by atoms with Gasteiger partial charge in [-0.2, -0.15) is 4.31 Å². The summed E-state index contributed by atoms with van der Waals surface area (Å²) < 4.78 is 40.2. The van der Waals surface area contributed by atoms with E-state index in [1.807, 2.05) is 24.4 Å². The first-order chi connectivity index (χ1) is 14.3. The lowest BCUT2D eigenvalue weighted by Crippen LogP contribution is -2.45. The molecular formula is C20H20FN3O3S3. The zero-order chi connectivity index (χ0) is 21.3. The first kappa shape index (κ1) is 21.1. The van der Waals surface area contributed by atoms with E-state index < -0.39 is 21.9 Å². The number of hydrogen-bond acceptors (Lipinski definition) is 6. The molecule has 0 radical (unpaired) electrons. The molecule has 1 saturated heterocycles. The number of thiazole rings is 1. The molecule has 0 bridgehead atoms. The molecule has 1 atom stereocenters. The molecule has 0 aliphatic carbocycles. The van der Waals surface area contributed by atoms with Crippen LogP contribution in [0.25, 0.3) is 10.6 Å². The van der Waals surface area contributed by atoms with Gasteiger partial charge in [-0.25, -0.2) is 17.8 Å². The minimum Gasteiger partial charge on any atom is -0.350 e. The van der Waals surface area contributed by atoms with E-state index in [0.29, 0.717) is 19.4 Å². The number of carbonyl (C=O) groups excluding carboxylic acids is 1. The van der Waals surface area contributed by atoms with Crippen molar-refractivity contribution in [2.24, 2.45) is 0 Å². The van der Waals surface area contributed by atoms with Crippen LogP contribution in [0.2, 0.25) is 0 Å². The summed E-state index contributed by atoms with van der Waals surface area (Å²) >= 11 is 3.14. The number of carbonyl (C=O) groups is 1. The fourth-order valence-electron chi connectivity index (χ4n) is 3.41. The van der Waals surface area contributed by atoms with Crippen molar-refractivity contribution < 1.29 is 17.6 Å². The molecule has 158 valence electrons. The van der Waals surface area contributed by atoms with E-state index in [4.69, 9.17) is 0 Å². The number of halogens is 1. The number of rotatable bonds is 6. The third-order valence-electron chi connectivity index (χ3n) is 4.90. The van der Waals surface area contributed by atoms with Gasteiger partial charge in [0.15, 0.2) is 0 Å². The van der Waals surface area contributed by atoms with Crippen molar-refractivity contribution in [2.75, 3.05) is 6.54 Å². The highest BCUT2D eigenvalue weighted by atomic mass is 32.2. The molecule has 1 aromatic carbocycles. The van der Waals surface area contributed by atoms with Crippen molar-refractivity contribution in [3.63, 3.8) is 0 Å². The lowest BCUT2D eigenvalue weighted by molar-refractivity contribution is -0.124. The van der Waals surface area contributed by atoms with Crippen LogP contribution in [0.1, 0.15) is 22.7 Å². The number of nitrogens with one attached hydrogen (secondary N) is 1. The monoisotopic (exact) mass is 465 g/mol. The van der Waals surface area contributed by atoms with Crippen molar-refractivity contribution in [3.05, 3.63) is 57.5 Å². The number of nitrogens with zero attached hydrogens (tertiary/aromatic N) is 2. The van der Waals surface area contributed by atoms with Gasteiger partial charge in [-0.15, -0.1) is 22.7 Å². The van der Waals surface area contributed by atoms with Crippen LogP contribution in [0.5, 0.6) is 0 Å². The van der Waals surface area contributed by atoms with Gasteiger partial charge in [0.25, 0.3) is 0 Å². The van der Waals surface area contributed by atoms with Crippen LogP contribution in [0.15, 0.2) is 46.7 Å².